The van der Waals surface area contributed by atoms with Crippen molar-refractivity contribution >= 4 is 17.5 Å². The summed E-state index contributed by atoms with van der Waals surface area (Å²) in [5.74, 6) is 2.14. The SMILES string of the molecule is CCC(c1ccccc1)N(CC)c1nc(-c2ccc(Cl)cc2OC)n(C)n1. The van der Waals surface area contributed by atoms with Gasteiger partial charge in [0.1, 0.15) is 5.75 Å². The average molecular weight is 385 g/mol. The third kappa shape index (κ3) is 3.93. The predicted octanol–water partition coefficient (Wildman–Crippen LogP) is 5.12. The normalized spacial score (nSPS) is 12.0. The van der Waals surface area contributed by atoms with Crippen LogP contribution in [0.2, 0.25) is 5.02 Å². The number of aromatic nitrogens is 3. The number of nitrogens with zero attached hydrogens (tertiary/aromatic N) is 4. The zero-order chi connectivity index (χ0) is 19.4. The van der Waals surface area contributed by atoms with Crippen molar-refractivity contribution in [2.75, 3.05) is 18.6 Å². The molecule has 142 valence electrons. The summed E-state index contributed by atoms with van der Waals surface area (Å²) in [7, 11) is 3.53. The summed E-state index contributed by atoms with van der Waals surface area (Å²) >= 11 is 6.10. The number of rotatable bonds is 7. The summed E-state index contributed by atoms with van der Waals surface area (Å²) in [6, 6.07) is 16.3. The van der Waals surface area contributed by atoms with Gasteiger partial charge in [-0.2, -0.15) is 4.98 Å². The van der Waals surface area contributed by atoms with E-state index >= 15 is 0 Å². The minimum absolute atomic E-state index is 0.221. The fourth-order valence-corrected chi connectivity index (χ4v) is 3.55. The molecule has 27 heavy (non-hydrogen) atoms. The number of ether oxygens (including phenoxy) is 1. The summed E-state index contributed by atoms with van der Waals surface area (Å²) in [4.78, 5) is 7.08. The van der Waals surface area contributed by atoms with Crippen molar-refractivity contribution in [1.82, 2.24) is 14.8 Å². The van der Waals surface area contributed by atoms with Crippen LogP contribution in [0.3, 0.4) is 0 Å². The van der Waals surface area contributed by atoms with E-state index in [9.17, 15) is 0 Å². The smallest absolute Gasteiger partial charge is 0.245 e. The molecule has 0 aliphatic carbocycles. The van der Waals surface area contributed by atoms with Gasteiger partial charge in [-0.25, -0.2) is 4.68 Å². The highest BCUT2D eigenvalue weighted by Gasteiger charge is 2.23. The van der Waals surface area contributed by atoms with Crippen LogP contribution in [0.15, 0.2) is 48.5 Å². The monoisotopic (exact) mass is 384 g/mol. The van der Waals surface area contributed by atoms with Gasteiger partial charge in [0.15, 0.2) is 5.82 Å². The molecule has 0 spiro atoms. The quantitative estimate of drug-likeness (QED) is 0.567. The Balaban J connectivity index is 2.01. The van der Waals surface area contributed by atoms with Gasteiger partial charge in [-0.1, -0.05) is 48.9 Å². The molecule has 3 rings (SSSR count). The van der Waals surface area contributed by atoms with Crippen LogP contribution < -0.4 is 9.64 Å². The van der Waals surface area contributed by atoms with Crippen molar-refractivity contribution in [2.24, 2.45) is 7.05 Å². The molecule has 0 bridgehead atoms. The van der Waals surface area contributed by atoms with E-state index in [2.05, 4.69) is 43.0 Å². The van der Waals surface area contributed by atoms with Gasteiger partial charge in [0.25, 0.3) is 0 Å². The second-order valence-electron chi connectivity index (χ2n) is 6.32. The molecule has 0 radical (unpaired) electrons. The Morgan fingerprint density at radius 1 is 1.15 bits per heavy atom. The molecule has 0 amide bonds. The summed E-state index contributed by atoms with van der Waals surface area (Å²) in [5, 5.41) is 5.32. The first-order chi connectivity index (χ1) is 13.1. The molecular formula is C21H25ClN4O. The van der Waals surface area contributed by atoms with E-state index in [1.807, 2.05) is 25.2 Å². The number of benzene rings is 2. The second kappa shape index (κ2) is 8.44. The maximum absolute atomic E-state index is 6.10. The van der Waals surface area contributed by atoms with Crippen LogP contribution in [0.5, 0.6) is 5.75 Å². The van der Waals surface area contributed by atoms with Gasteiger partial charge < -0.3 is 9.64 Å². The van der Waals surface area contributed by atoms with Crippen LogP contribution in [0.1, 0.15) is 31.9 Å². The first-order valence-corrected chi connectivity index (χ1v) is 9.53. The van der Waals surface area contributed by atoms with Crippen LogP contribution >= 0.6 is 11.6 Å². The highest BCUT2D eigenvalue weighted by Crippen LogP contribution is 2.34. The number of methoxy groups -OCH3 is 1. The fourth-order valence-electron chi connectivity index (χ4n) is 3.39. The minimum Gasteiger partial charge on any atom is -0.496 e. The molecule has 0 aliphatic rings. The predicted molar refractivity (Wildman–Crippen MR) is 110 cm³/mol. The Labute approximate surface area is 165 Å². The molecule has 1 atom stereocenters. The molecule has 1 unspecified atom stereocenters. The van der Waals surface area contributed by atoms with Crippen molar-refractivity contribution in [2.45, 2.75) is 26.3 Å². The third-order valence-corrected chi connectivity index (χ3v) is 4.94. The Bertz CT molecular complexity index is 894. The van der Waals surface area contributed by atoms with Gasteiger partial charge in [0.2, 0.25) is 5.95 Å². The van der Waals surface area contributed by atoms with Crippen molar-refractivity contribution < 1.29 is 4.74 Å². The zero-order valence-corrected chi connectivity index (χ0v) is 16.9. The molecule has 0 saturated heterocycles. The largest absolute Gasteiger partial charge is 0.496 e. The Morgan fingerprint density at radius 3 is 2.52 bits per heavy atom. The van der Waals surface area contributed by atoms with Crippen LogP contribution in [0.25, 0.3) is 11.4 Å². The lowest BCUT2D eigenvalue weighted by atomic mass is 10.0. The standard InChI is InChI=1S/C21H25ClN4O/c1-5-18(15-10-8-7-9-11-15)26(6-2)21-23-20(25(3)24-21)17-13-12-16(22)14-19(17)27-4/h7-14,18H,5-6H2,1-4H3. The van der Waals surface area contributed by atoms with E-state index < -0.39 is 0 Å². The Hall–Kier alpha value is -2.53. The topological polar surface area (TPSA) is 43.2 Å². The molecule has 1 heterocycles. The van der Waals surface area contributed by atoms with Crippen molar-refractivity contribution in [3.05, 3.63) is 59.1 Å². The van der Waals surface area contributed by atoms with Crippen molar-refractivity contribution in [3.8, 4) is 17.1 Å². The van der Waals surface area contributed by atoms with Gasteiger partial charge in [0.05, 0.1) is 18.7 Å². The number of halogens is 1. The fraction of sp³-hybridized carbons (Fsp3) is 0.333. The van der Waals surface area contributed by atoms with Crippen LogP contribution in [0.4, 0.5) is 5.95 Å². The second-order valence-corrected chi connectivity index (χ2v) is 6.76. The van der Waals surface area contributed by atoms with Crippen molar-refractivity contribution in [3.63, 3.8) is 0 Å². The van der Waals surface area contributed by atoms with E-state index in [4.69, 9.17) is 26.4 Å². The third-order valence-electron chi connectivity index (χ3n) is 4.70. The molecule has 0 N–H and O–H groups in total. The molecule has 3 aromatic rings. The van der Waals surface area contributed by atoms with E-state index in [1.165, 1.54) is 5.56 Å². The van der Waals surface area contributed by atoms with E-state index in [-0.39, 0.29) is 6.04 Å². The Morgan fingerprint density at radius 2 is 1.89 bits per heavy atom. The van der Waals surface area contributed by atoms with Crippen LogP contribution in [-0.4, -0.2) is 28.4 Å². The number of hydrogen-bond donors (Lipinski definition) is 0. The van der Waals surface area contributed by atoms with Crippen LogP contribution in [0, 0.1) is 0 Å². The van der Waals surface area contributed by atoms with Crippen molar-refractivity contribution in [1.29, 1.82) is 0 Å². The maximum atomic E-state index is 6.10. The highest BCUT2D eigenvalue weighted by atomic mass is 35.5. The van der Waals surface area contributed by atoms with Gasteiger partial charge >= 0.3 is 0 Å². The zero-order valence-electron chi connectivity index (χ0n) is 16.2. The highest BCUT2D eigenvalue weighted by molar-refractivity contribution is 6.30. The molecule has 5 nitrogen and oxygen atoms in total. The van der Waals surface area contributed by atoms with Gasteiger partial charge in [-0.15, -0.1) is 5.10 Å². The molecule has 1 aromatic heterocycles. The lowest BCUT2D eigenvalue weighted by Crippen LogP contribution is -2.29. The molecular weight excluding hydrogens is 360 g/mol. The number of hydrogen-bond acceptors (Lipinski definition) is 4. The van der Waals surface area contributed by atoms with Gasteiger partial charge in [-0.05, 0) is 37.1 Å². The van der Waals surface area contributed by atoms with E-state index in [0.717, 1.165) is 24.4 Å². The summed E-state index contributed by atoms with van der Waals surface area (Å²) in [6.07, 6.45) is 0.968. The molecule has 0 fully saturated rings. The number of aryl methyl sites for hydroxylation is 1. The van der Waals surface area contributed by atoms with Gasteiger partial charge in [0, 0.05) is 18.6 Å². The molecule has 2 aromatic carbocycles. The summed E-state index contributed by atoms with van der Waals surface area (Å²) in [6.45, 7) is 5.13. The lowest BCUT2D eigenvalue weighted by Gasteiger charge is -2.29. The summed E-state index contributed by atoms with van der Waals surface area (Å²) < 4.78 is 7.28. The first-order valence-electron chi connectivity index (χ1n) is 9.15. The van der Waals surface area contributed by atoms with E-state index in [1.54, 1.807) is 17.9 Å². The van der Waals surface area contributed by atoms with E-state index in [0.29, 0.717) is 16.7 Å². The molecule has 6 heteroatoms. The van der Waals surface area contributed by atoms with Gasteiger partial charge in [-0.3, -0.25) is 0 Å². The minimum atomic E-state index is 0.221. The molecule has 0 aliphatic heterocycles. The van der Waals surface area contributed by atoms with Crippen LogP contribution in [-0.2, 0) is 7.05 Å². The lowest BCUT2D eigenvalue weighted by molar-refractivity contribution is 0.416. The summed E-state index contributed by atoms with van der Waals surface area (Å²) in [5.41, 5.74) is 2.13. The maximum Gasteiger partial charge on any atom is 0.245 e. The first kappa shape index (κ1) is 19.2. The number of anilines is 1. The molecule has 0 saturated carbocycles. The Kier molecular flexibility index (Phi) is 6.01. The average Bonchev–Trinajstić information content (AvgIpc) is 3.07.